The Bertz CT molecular complexity index is 985. The van der Waals surface area contributed by atoms with Crippen molar-refractivity contribution in [1.82, 2.24) is 0 Å². The average molecular weight is 411 g/mol. The van der Waals surface area contributed by atoms with Gasteiger partial charge in [0, 0.05) is 24.3 Å². The highest BCUT2D eigenvalue weighted by molar-refractivity contribution is 5.96. The maximum atomic E-state index is 12.3. The zero-order chi connectivity index (χ0) is 20.9. The molecule has 1 atom stereocenters. The Morgan fingerprint density at radius 2 is 1.67 bits per heavy atom. The molecule has 8 heteroatoms. The molecule has 1 N–H and O–H groups in total. The number of hydrogen-bond acceptors (Lipinski definition) is 7. The van der Waals surface area contributed by atoms with E-state index in [1.807, 2.05) is 6.07 Å². The number of fused-ring (bicyclic) bond motifs is 2. The Hall–Kier alpha value is -3.68. The van der Waals surface area contributed by atoms with E-state index in [1.165, 1.54) is 13.0 Å². The molecule has 156 valence electrons. The number of benzene rings is 2. The monoisotopic (exact) mass is 411 g/mol. The van der Waals surface area contributed by atoms with E-state index in [9.17, 15) is 9.59 Å². The lowest BCUT2D eigenvalue weighted by atomic mass is 10.2. The summed E-state index contributed by atoms with van der Waals surface area (Å²) in [6.07, 6.45) is 2.71. The fourth-order valence-corrected chi connectivity index (χ4v) is 2.93. The maximum absolute atomic E-state index is 12.3. The molecule has 0 bridgehead atoms. The van der Waals surface area contributed by atoms with Gasteiger partial charge in [0.25, 0.3) is 5.91 Å². The largest absolute Gasteiger partial charge is 0.490 e. The van der Waals surface area contributed by atoms with Crippen molar-refractivity contribution in [3.05, 3.63) is 48.0 Å². The van der Waals surface area contributed by atoms with Gasteiger partial charge in [0.2, 0.25) is 6.79 Å². The Labute approximate surface area is 173 Å². The summed E-state index contributed by atoms with van der Waals surface area (Å²) < 4.78 is 26.9. The molecule has 0 aliphatic carbocycles. The van der Waals surface area contributed by atoms with Gasteiger partial charge in [-0.25, -0.2) is 4.79 Å². The fraction of sp³-hybridized carbons (Fsp3) is 0.273. The van der Waals surface area contributed by atoms with Crippen LogP contribution >= 0.6 is 0 Å². The van der Waals surface area contributed by atoms with Crippen LogP contribution in [0.3, 0.4) is 0 Å². The number of esters is 1. The summed E-state index contributed by atoms with van der Waals surface area (Å²) in [7, 11) is 0. The third kappa shape index (κ3) is 4.65. The fourth-order valence-electron chi connectivity index (χ4n) is 2.93. The smallest absolute Gasteiger partial charge is 0.331 e. The van der Waals surface area contributed by atoms with Gasteiger partial charge in [0.15, 0.2) is 29.1 Å². The Kier molecular flexibility index (Phi) is 5.74. The molecule has 0 fully saturated rings. The van der Waals surface area contributed by atoms with E-state index in [-0.39, 0.29) is 6.79 Å². The number of anilines is 1. The second-order valence-electron chi connectivity index (χ2n) is 6.73. The molecule has 2 aliphatic heterocycles. The van der Waals surface area contributed by atoms with Crippen LogP contribution in [-0.2, 0) is 14.3 Å². The van der Waals surface area contributed by atoms with E-state index in [2.05, 4.69) is 5.32 Å². The molecule has 2 aromatic rings. The van der Waals surface area contributed by atoms with Crippen LogP contribution in [0.4, 0.5) is 5.69 Å². The van der Waals surface area contributed by atoms with Crippen molar-refractivity contribution in [2.45, 2.75) is 19.4 Å². The van der Waals surface area contributed by atoms with E-state index >= 15 is 0 Å². The number of ether oxygens (including phenoxy) is 5. The van der Waals surface area contributed by atoms with Crippen LogP contribution < -0.4 is 24.3 Å². The van der Waals surface area contributed by atoms with E-state index in [0.29, 0.717) is 41.9 Å². The van der Waals surface area contributed by atoms with Crippen molar-refractivity contribution >= 4 is 23.6 Å². The van der Waals surface area contributed by atoms with Crippen LogP contribution in [0.1, 0.15) is 18.9 Å². The van der Waals surface area contributed by atoms with Crippen molar-refractivity contribution < 1.29 is 33.3 Å². The average Bonchev–Trinajstić information content (AvgIpc) is 3.08. The standard InChI is InChI=1S/C22H21NO7/c1-14(22(25)23-16-5-7-18-20(12-16)29-13-28-18)30-21(24)8-4-15-3-6-17-19(11-15)27-10-2-9-26-17/h3-8,11-12,14H,2,9-10,13H2,1H3,(H,23,25)/b8-4+/t14-/m1/s1. The number of carbonyl (C=O) groups excluding carboxylic acids is 2. The van der Waals surface area contributed by atoms with Gasteiger partial charge >= 0.3 is 5.97 Å². The molecule has 0 aromatic heterocycles. The molecule has 2 heterocycles. The molecule has 8 nitrogen and oxygen atoms in total. The molecule has 4 rings (SSSR count). The van der Waals surface area contributed by atoms with Gasteiger partial charge in [-0.15, -0.1) is 0 Å². The summed E-state index contributed by atoms with van der Waals surface area (Å²) in [5, 5.41) is 2.68. The second-order valence-corrected chi connectivity index (χ2v) is 6.73. The van der Waals surface area contributed by atoms with Gasteiger partial charge in [-0.1, -0.05) is 6.07 Å². The molecule has 2 aromatic carbocycles. The number of hydrogen-bond donors (Lipinski definition) is 1. The first-order valence-corrected chi connectivity index (χ1v) is 9.57. The predicted octanol–water partition coefficient (Wildman–Crippen LogP) is 3.16. The lowest BCUT2D eigenvalue weighted by Crippen LogP contribution is -2.29. The lowest BCUT2D eigenvalue weighted by molar-refractivity contribution is -0.148. The zero-order valence-corrected chi connectivity index (χ0v) is 16.4. The van der Waals surface area contributed by atoms with Crippen molar-refractivity contribution in [1.29, 1.82) is 0 Å². The van der Waals surface area contributed by atoms with Crippen LogP contribution in [0.15, 0.2) is 42.5 Å². The number of amides is 1. The third-order valence-corrected chi connectivity index (χ3v) is 4.49. The van der Waals surface area contributed by atoms with Gasteiger partial charge in [0.1, 0.15) is 0 Å². The normalized spacial score (nSPS) is 15.4. The number of nitrogens with one attached hydrogen (secondary N) is 1. The maximum Gasteiger partial charge on any atom is 0.331 e. The molecule has 30 heavy (non-hydrogen) atoms. The van der Waals surface area contributed by atoms with Gasteiger partial charge < -0.3 is 29.0 Å². The topological polar surface area (TPSA) is 92.3 Å². The molecule has 0 unspecified atom stereocenters. The van der Waals surface area contributed by atoms with Crippen LogP contribution in [0.25, 0.3) is 6.08 Å². The first-order chi connectivity index (χ1) is 14.6. The van der Waals surface area contributed by atoms with Crippen molar-refractivity contribution in [2.24, 2.45) is 0 Å². The Morgan fingerprint density at radius 3 is 2.53 bits per heavy atom. The van der Waals surface area contributed by atoms with Crippen LogP contribution in [-0.4, -0.2) is 38.0 Å². The minimum absolute atomic E-state index is 0.149. The Morgan fingerprint density at radius 1 is 0.967 bits per heavy atom. The van der Waals surface area contributed by atoms with Gasteiger partial charge in [0.05, 0.1) is 13.2 Å². The number of rotatable bonds is 5. The van der Waals surface area contributed by atoms with Crippen LogP contribution in [0.2, 0.25) is 0 Å². The molecule has 2 aliphatic rings. The minimum Gasteiger partial charge on any atom is -0.490 e. The molecule has 1 amide bonds. The summed E-state index contributed by atoms with van der Waals surface area (Å²) in [5.74, 6) is 1.41. The van der Waals surface area contributed by atoms with E-state index < -0.39 is 18.0 Å². The third-order valence-electron chi connectivity index (χ3n) is 4.49. The summed E-state index contributed by atoms with van der Waals surface area (Å²) in [6, 6.07) is 10.4. The van der Waals surface area contributed by atoms with E-state index in [0.717, 1.165) is 12.0 Å². The first-order valence-electron chi connectivity index (χ1n) is 9.57. The Balaban J connectivity index is 1.32. The molecular formula is C22H21NO7. The van der Waals surface area contributed by atoms with Crippen LogP contribution in [0.5, 0.6) is 23.0 Å². The molecule has 0 spiro atoms. The van der Waals surface area contributed by atoms with Crippen molar-refractivity contribution in [3.63, 3.8) is 0 Å². The molecular weight excluding hydrogens is 390 g/mol. The molecule has 0 saturated heterocycles. The van der Waals surface area contributed by atoms with Gasteiger partial charge in [-0.3, -0.25) is 4.79 Å². The molecule has 0 radical (unpaired) electrons. The van der Waals surface area contributed by atoms with Crippen LogP contribution in [0, 0.1) is 0 Å². The highest BCUT2D eigenvalue weighted by Crippen LogP contribution is 2.34. The summed E-state index contributed by atoms with van der Waals surface area (Å²) in [6.45, 7) is 2.84. The second kappa shape index (κ2) is 8.77. The zero-order valence-electron chi connectivity index (χ0n) is 16.4. The van der Waals surface area contributed by atoms with E-state index in [4.69, 9.17) is 23.7 Å². The van der Waals surface area contributed by atoms with Gasteiger partial charge in [-0.05, 0) is 42.8 Å². The summed E-state index contributed by atoms with van der Waals surface area (Å²) >= 11 is 0. The quantitative estimate of drug-likeness (QED) is 0.597. The number of carbonyl (C=O) groups is 2. The van der Waals surface area contributed by atoms with E-state index in [1.54, 1.807) is 36.4 Å². The highest BCUT2D eigenvalue weighted by atomic mass is 16.7. The summed E-state index contributed by atoms with van der Waals surface area (Å²) in [4.78, 5) is 24.4. The van der Waals surface area contributed by atoms with Crippen molar-refractivity contribution in [3.8, 4) is 23.0 Å². The molecule has 0 saturated carbocycles. The van der Waals surface area contributed by atoms with Crippen molar-refractivity contribution in [2.75, 3.05) is 25.3 Å². The summed E-state index contributed by atoms with van der Waals surface area (Å²) in [5.41, 5.74) is 1.28. The SMILES string of the molecule is C[C@@H](OC(=O)/C=C/c1ccc2c(c1)OCCCO2)C(=O)Nc1ccc2c(c1)OCO2. The lowest BCUT2D eigenvalue weighted by Gasteiger charge is -2.12. The predicted molar refractivity (Wildman–Crippen MR) is 108 cm³/mol. The minimum atomic E-state index is -0.976. The first kappa shape index (κ1) is 19.6. The van der Waals surface area contributed by atoms with Gasteiger partial charge in [-0.2, -0.15) is 0 Å². The highest BCUT2D eigenvalue weighted by Gasteiger charge is 2.19.